The minimum atomic E-state index is 0.640. The van der Waals surface area contributed by atoms with E-state index in [9.17, 15) is 0 Å². The zero-order valence-electron chi connectivity index (χ0n) is 7.92. The summed E-state index contributed by atoms with van der Waals surface area (Å²) < 4.78 is 0. The lowest BCUT2D eigenvalue weighted by Crippen LogP contribution is -2.16. The first-order chi connectivity index (χ1) is 6.36. The summed E-state index contributed by atoms with van der Waals surface area (Å²) in [5, 5.41) is 4.14. The van der Waals surface area contributed by atoms with E-state index in [1.165, 1.54) is 29.8 Å². The van der Waals surface area contributed by atoms with Gasteiger partial charge in [-0.25, -0.2) is 0 Å². The molecule has 0 radical (unpaired) electrons. The number of nitrogens with one attached hydrogen (secondary N) is 1. The summed E-state index contributed by atoms with van der Waals surface area (Å²) in [7, 11) is 0. The Morgan fingerprint density at radius 3 is 2.92 bits per heavy atom. The Kier molecular flexibility index (Phi) is 2.91. The largest absolute Gasteiger partial charge is 0.305 e. The molecule has 1 fully saturated rings. The van der Waals surface area contributed by atoms with Gasteiger partial charge in [-0.3, -0.25) is 0 Å². The normalized spacial score (nSPS) is 22.1. The van der Waals surface area contributed by atoms with Gasteiger partial charge in [0.15, 0.2) is 0 Å². The van der Waals surface area contributed by atoms with E-state index in [-0.39, 0.29) is 0 Å². The van der Waals surface area contributed by atoms with Gasteiger partial charge in [0.2, 0.25) is 0 Å². The average Bonchev–Trinajstić information content (AvgIpc) is 2.61. The summed E-state index contributed by atoms with van der Waals surface area (Å²) in [6.45, 7) is 3.36. The van der Waals surface area contributed by atoms with Crippen molar-refractivity contribution in [3.63, 3.8) is 0 Å². The summed E-state index contributed by atoms with van der Waals surface area (Å²) in [4.78, 5) is 1.42. The van der Waals surface area contributed by atoms with Crippen molar-refractivity contribution >= 4 is 11.8 Å². The van der Waals surface area contributed by atoms with E-state index in [4.69, 9.17) is 0 Å². The van der Waals surface area contributed by atoms with Gasteiger partial charge in [0.05, 0.1) is 5.37 Å². The third-order valence-electron chi connectivity index (χ3n) is 2.38. The molecule has 0 spiro atoms. The number of benzene rings is 1. The second-order valence-corrected chi connectivity index (χ2v) is 4.71. The predicted octanol–water partition coefficient (Wildman–Crippen LogP) is 2.80. The van der Waals surface area contributed by atoms with Gasteiger partial charge < -0.3 is 5.32 Å². The fraction of sp³-hybridized carbons (Fsp3) is 0.455. The maximum absolute atomic E-state index is 3.50. The molecule has 1 aliphatic heterocycles. The van der Waals surface area contributed by atoms with E-state index < -0.39 is 0 Å². The molecule has 0 saturated carbocycles. The highest BCUT2D eigenvalue weighted by Gasteiger charge is 2.15. The second-order valence-electron chi connectivity index (χ2n) is 3.47. The maximum atomic E-state index is 3.50. The lowest BCUT2D eigenvalue weighted by molar-refractivity contribution is 0.805. The highest BCUT2D eigenvalue weighted by atomic mass is 32.2. The molecule has 1 aliphatic rings. The summed E-state index contributed by atoms with van der Waals surface area (Å²) in [6, 6.07) is 8.60. The molecule has 2 heteroatoms. The van der Waals surface area contributed by atoms with Crippen molar-refractivity contribution in [2.24, 2.45) is 0 Å². The van der Waals surface area contributed by atoms with Crippen molar-refractivity contribution in [1.29, 1.82) is 0 Å². The third kappa shape index (κ3) is 2.26. The first kappa shape index (κ1) is 9.10. The van der Waals surface area contributed by atoms with E-state index in [1.807, 2.05) is 11.8 Å². The molecule has 13 heavy (non-hydrogen) atoms. The van der Waals surface area contributed by atoms with Crippen LogP contribution < -0.4 is 5.32 Å². The second kappa shape index (κ2) is 4.16. The highest BCUT2D eigenvalue weighted by molar-refractivity contribution is 8.00. The number of hydrogen-bond acceptors (Lipinski definition) is 2. The molecule has 1 N–H and O–H groups in total. The van der Waals surface area contributed by atoms with Crippen LogP contribution in [0.2, 0.25) is 0 Å². The molecule has 1 aromatic carbocycles. The molecule has 1 atom stereocenters. The SMILES string of the molecule is Cc1ccccc1SC1CCCN1. The van der Waals surface area contributed by atoms with E-state index >= 15 is 0 Å². The van der Waals surface area contributed by atoms with Crippen molar-refractivity contribution in [1.82, 2.24) is 5.32 Å². The lowest BCUT2D eigenvalue weighted by Gasteiger charge is -2.11. The summed E-state index contributed by atoms with van der Waals surface area (Å²) >= 11 is 1.97. The molecule has 0 aliphatic carbocycles. The van der Waals surface area contributed by atoms with Crippen LogP contribution in [0.1, 0.15) is 18.4 Å². The van der Waals surface area contributed by atoms with Crippen LogP contribution in [0.15, 0.2) is 29.2 Å². The molecular formula is C11H15NS. The topological polar surface area (TPSA) is 12.0 Å². The summed E-state index contributed by atoms with van der Waals surface area (Å²) in [5.74, 6) is 0. The van der Waals surface area contributed by atoms with Crippen LogP contribution in [0, 0.1) is 6.92 Å². The highest BCUT2D eigenvalue weighted by Crippen LogP contribution is 2.29. The quantitative estimate of drug-likeness (QED) is 0.775. The van der Waals surface area contributed by atoms with Gasteiger partial charge in [0, 0.05) is 4.90 Å². The molecule has 2 rings (SSSR count). The summed E-state index contributed by atoms with van der Waals surface area (Å²) in [5.41, 5.74) is 1.39. The maximum Gasteiger partial charge on any atom is 0.0580 e. The number of aryl methyl sites for hydroxylation is 1. The molecule has 1 unspecified atom stereocenters. The van der Waals surface area contributed by atoms with Gasteiger partial charge >= 0.3 is 0 Å². The van der Waals surface area contributed by atoms with Crippen molar-refractivity contribution < 1.29 is 0 Å². The smallest absolute Gasteiger partial charge is 0.0580 e. The number of rotatable bonds is 2. The first-order valence-corrected chi connectivity index (χ1v) is 5.70. The molecule has 1 nitrogen and oxygen atoms in total. The molecule has 1 heterocycles. The lowest BCUT2D eigenvalue weighted by atomic mass is 10.2. The van der Waals surface area contributed by atoms with Gasteiger partial charge in [-0.05, 0) is 37.9 Å². The van der Waals surface area contributed by atoms with Crippen molar-refractivity contribution in [2.45, 2.75) is 30.0 Å². The Morgan fingerprint density at radius 2 is 2.23 bits per heavy atom. The minimum Gasteiger partial charge on any atom is -0.305 e. The van der Waals surface area contributed by atoms with E-state index in [1.54, 1.807) is 0 Å². The van der Waals surface area contributed by atoms with Crippen LogP contribution in [-0.4, -0.2) is 11.9 Å². The molecule has 1 aromatic rings. The van der Waals surface area contributed by atoms with Crippen LogP contribution in [0.4, 0.5) is 0 Å². The van der Waals surface area contributed by atoms with Crippen LogP contribution in [0.25, 0.3) is 0 Å². The minimum absolute atomic E-state index is 0.640. The number of hydrogen-bond donors (Lipinski definition) is 1. The summed E-state index contributed by atoms with van der Waals surface area (Å²) in [6.07, 6.45) is 2.63. The standard InChI is InChI=1S/C11H15NS/c1-9-5-2-3-6-10(9)13-11-7-4-8-12-11/h2-3,5-6,11-12H,4,7-8H2,1H3. The Labute approximate surface area is 83.9 Å². The molecular weight excluding hydrogens is 178 g/mol. The van der Waals surface area contributed by atoms with Crippen LogP contribution in [-0.2, 0) is 0 Å². The van der Waals surface area contributed by atoms with Gasteiger partial charge in [0.1, 0.15) is 0 Å². The van der Waals surface area contributed by atoms with Crippen molar-refractivity contribution in [2.75, 3.05) is 6.54 Å². The Bertz CT molecular complexity index is 279. The van der Waals surface area contributed by atoms with Gasteiger partial charge in [-0.1, -0.05) is 18.2 Å². The predicted molar refractivity (Wildman–Crippen MR) is 58.1 cm³/mol. The van der Waals surface area contributed by atoms with E-state index in [0.29, 0.717) is 5.37 Å². The van der Waals surface area contributed by atoms with Gasteiger partial charge in [-0.2, -0.15) is 0 Å². The number of thioether (sulfide) groups is 1. The monoisotopic (exact) mass is 193 g/mol. The van der Waals surface area contributed by atoms with Crippen molar-refractivity contribution in [3.8, 4) is 0 Å². The molecule has 0 amide bonds. The van der Waals surface area contributed by atoms with E-state index in [2.05, 4.69) is 36.5 Å². The Balaban J connectivity index is 2.04. The van der Waals surface area contributed by atoms with Gasteiger partial charge in [0.25, 0.3) is 0 Å². The van der Waals surface area contributed by atoms with Crippen molar-refractivity contribution in [3.05, 3.63) is 29.8 Å². The fourth-order valence-corrected chi connectivity index (χ4v) is 2.80. The molecule has 70 valence electrons. The van der Waals surface area contributed by atoms with Gasteiger partial charge in [-0.15, -0.1) is 11.8 Å². The van der Waals surface area contributed by atoms with Crippen LogP contribution >= 0.6 is 11.8 Å². The van der Waals surface area contributed by atoms with Crippen LogP contribution in [0.5, 0.6) is 0 Å². The molecule has 1 saturated heterocycles. The Hall–Kier alpha value is -0.470. The Morgan fingerprint density at radius 1 is 1.38 bits per heavy atom. The van der Waals surface area contributed by atoms with E-state index in [0.717, 1.165) is 0 Å². The first-order valence-electron chi connectivity index (χ1n) is 4.82. The zero-order chi connectivity index (χ0) is 9.10. The van der Waals surface area contributed by atoms with Crippen LogP contribution in [0.3, 0.4) is 0 Å². The fourth-order valence-electron chi connectivity index (χ4n) is 1.60. The molecule has 0 aromatic heterocycles. The average molecular weight is 193 g/mol. The molecule has 0 bridgehead atoms. The third-order valence-corrected chi connectivity index (χ3v) is 3.78. The zero-order valence-corrected chi connectivity index (χ0v) is 8.73.